The second-order valence-corrected chi connectivity index (χ2v) is 3.89. The first kappa shape index (κ1) is 9.21. The van der Waals surface area contributed by atoms with Crippen molar-refractivity contribution in [1.82, 2.24) is 4.98 Å². The lowest BCUT2D eigenvalue weighted by Gasteiger charge is -1.94. The van der Waals surface area contributed by atoms with E-state index in [0.717, 1.165) is 15.3 Å². The van der Waals surface area contributed by atoms with Crippen LogP contribution in [0.5, 0.6) is 0 Å². The Morgan fingerprint density at radius 3 is 3.14 bits per heavy atom. The Hall–Kier alpha value is -1.36. The van der Waals surface area contributed by atoms with Crippen LogP contribution in [0.25, 0.3) is 10.2 Å². The summed E-state index contributed by atoms with van der Waals surface area (Å²) in [6.45, 7) is -0.0899. The van der Waals surface area contributed by atoms with Crippen molar-refractivity contribution in [2.45, 2.75) is 0 Å². The Balaban J connectivity index is 2.32. The minimum atomic E-state index is -0.391. The number of anilines is 2. The standard InChI is InChI=1S/C9H10FN3S/c10-3-4-12-9-13-7-5-6(11)1-2-8(7)14-9/h1-2,5H,3-4,11H2,(H,12,13). The first-order valence-electron chi connectivity index (χ1n) is 4.25. The van der Waals surface area contributed by atoms with Gasteiger partial charge in [0.05, 0.1) is 10.2 Å². The number of hydrogen-bond donors (Lipinski definition) is 2. The Morgan fingerprint density at radius 2 is 2.36 bits per heavy atom. The van der Waals surface area contributed by atoms with Gasteiger partial charge in [-0.2, -0.15) is 0 Å². The van der Waals surface area contributed by atoms with Gasteiger partial charge in [0.1, 0.15) is 6.67 Å². The van der Waals surface area contributed by atoms with E-state index in [9.17, 15) is 4.39 Å². The first-order valence-corrected chi connectivity index (χ1v) is 5.07. The van der Waals surface area contributed by atoms with Gasteiger partial charge in [-0.3, -0.25) is 0 Å². The van der Waals surface area contributed by atoms with Gasteiger partial charge in [0, 0.05) is 12.2 Å². The Labute approximate surface area is 84.8 Å². The number of nitrogens with one attached hydrogen (secondary N) is 1. The molecular formula is C9H10FN3S. The highest BCUT2D eigenvalue weighted by Gasteiger charge is 2.02. The molecular weight excluding hydrogens is 201 g/mol. The van der Waals surface area contributed by atoms with Crippen LogP contribution in [0.4, 0.5) is 15.2 Å². The molecule has 0 radical (unpaired) electrons. The van der Waals surface area contributed by atoms with Crippen molar-refractivity contribution in [3.8, 4) is 0 Å². The van der Waals surface area contributed by atoms with E-state index in [2.05, 4.69) is 10.3 Å². The van der Waals surface area contributed by atoms with E-state index in [-0.39, 0.29) is 0 Å². The highest BCUT2D eigenvalue weighted by atomic mass is 32.1. The third-order valence-corrected chi connectivity index (χ3v) is 2.78. The fraction of sp³-hybridized carbons (Fsp3) is 0.222. The van der Waals surface area contributed by atoms with Gasteiger partial charge >= 0.3 is 0 Å². The number of benzene rings is 1. The van der Waals surface area contributed by atoms with Crippen molar-refractivity contribution >= 4 is 32.4 Å². The molecule has 0 saturated heterocycles. The third-order valence-electron chi connectivity index (χ3n) is 1.78. The normalized spacial score (nSPS) is 10.6. The Kier molecular flexibility index (Phi) is 2.49. The van der Waals surface area contributed by atoms with Gasteiger partial charge in [0.25, 0.3) is 0 Å². The van der Waals surface area contributed by atoms with Crippen molar-refractivity contribution < 1.29 is 4.39 Å². The van der Waals surface area contributed by atoms with Crippen LogP contribution in [-0.2, 0) is 0 Å². The van der Waals surface area contributed by atoms with Crippen LogP contribution >= 0.6 is 11.3 Å². The summed E-state index contributed by atoms with van der Waals surface area (Å²) in [6.07, 6.45) is 0. The number of fused-ring (bicyclic) bond motifs is 1. The number of halogens is 1. The van der Waals surface area contributed by atoms with Gasteiger partial charge < -0.3 is 11.1 Å². The van der Waals surface area contributed by atoms with E-state index in [1.165, 1.54) is 11.3 Å². The molecule has 0 bridgehead atoms. The predicted octanol–water partition coefficient (Wildman–Crippen LogP) is 2.26. The van der Waals surface area contributed by atoms with Crippen LogP contribution in [0.1, 0.15) is 0 Å². The molecule has 3 N–H and O–H groups in total. The van der Waals surface area contributed by atoms with E-state index >= 15 is 0 Å². The summed E-state index contributed by atoms with van der Waals surface area (Å²) in [5.41, 5.74) is 7.17. The number of aromatic nitrogens is 1. The molecule has 0 spiro atoms. The highest BCUT2D eigenvalue weighted by Crippen LogP contribution is 2.26. The number of rotatable bonds is 3. The zero-order valence-corrected chi connectivity index (χ0v) is 8.27. The molecule has 0 saturated carbocycles. The predicted molar refractivity (Wildman–Crippen MR) is 58.5 cm³/mol. The summed E-state index contributed by atoms with van der Waals surface area (Å²) >= 11 is 1.50. The maximum absolute atomic E-state index is 11.9. The molecule has 1 aromatic heterocycles. The van der Waals surface area contributed by atoms with Crippen LogP contribution in [0.3, 0.4) is 0 Å². The monoisotopic (exact) mass is 211 g/mol. The molecule has 3 nitrogen and oxygen atoms in total. The number of nitrogens with two attached hydrogens (primary N) is 1. The summed E-state index contributed by atoms with van der Waals surface area (Å²) in [5.74, 6) is 0. The van der Waals surface area contributed by atoms with Crippen LogP contribution in [-0.4, -0.2) is 18.2 Å². The average Bonchev–Trinajstić information content (AvgIpc) is 2.56. The van der Waals surface area contributed by atoms with Gasteiger partial charge in [0.2, 0.25) is 0 Å². The van der Waals surface area contributed by atoms with E-state index in [4.69, 9.17) is 5.73 Å². The fourth-order valence-electron chi connectivity index (χ4n) is 1.17. The molecule has 5 heteroatoms. The quantitative estimate of drug-likeness (QED) is 0.766. The van der Waals surface area contributed by atoms with Gasteiger partial charge in [0.15, 0.2) is 5.13 Å². The van der Waals surface area contributed by atoms with Crippen LogP contribution in [0, 0.1) is 0 Å². The molecule has 0 atom stereocenters. The number of nitrogen functional groups attached to an aromatic ring is 1. The molecule has 2 rings (SSSR count). The molecule has 74 valence electrons. The third kappa shape index (κ3) is 1.77. The molecule has 0 aliphatic carbocycles. The summed E-state index contributed by atoms with van der Waals surface area (Å²) in [5, 5.41) is 3.63. The van der Waals surface area contributed by atoms with E-state index in [1.807, 2.05) is 18.2 Å². The molecule has 1 heterocycles. The van der Waals surface area contributed by atoms with Crippen molar-refractivity contribution in [2.75, 3.05) is 24.3 Å². The highest BCUT2D eigenvalue weighted by molar-refractivity contribution is 7.22. The number of alkyl halides is 1. The largest absolute Gasteiger partial charge is 0.399 e. The lowest BCUT2D eigenvalue weighted by molar-refractivity contribution is 0.512. The second kappa shape index (κ2) is 3.79. The van der Waals surface area contributed by atoms with Gasteiger partial charge in [-0.1, -0.05) is 11.3 Å². The van der Waals surface area contributed by atoms with Gasteiger partial charge in [-0.15, -0.1) is 0 Å². The number of nitrogens with zero attached hydrogens (tertiary/aromatic N) is 1. The van der Waals surface area contributed by atoms with E-state index < -0.39 is 6.67 Å². The first-order chi connectivity index (χ1) is 6.79. The SMILES string of the molecule is Nc1ccc2sc(NCCF)nc2c1. The van der Waals surface area contributed by atoms with Crippen molar-refractivity contribution in [3.63, 3.8) is 0 Å². The number of thiazole rings is 1. The lowest BCUT2D eigenvalue weighted by atomic mass is 10.3. The minimum Gasteiger partial charge on any atom is -0.399 e. The smallest absolute Gasteiger partial charge is 0.183 e. The number of hydrogen-bond acceptors (Lipinski definition) is 4. The summed E-state index contributed by atoms with van der Waals surface area (Å²) in [4.78, 5) is 4.27. The molecule has 0 amide bonds. The zero-order chi connectivity index (χ0) is 9.97. The summed E-state index contributed by atoms with van der Waals surface area (Å²) in [6, 6.07) is 5.56. The van der Waals surface area contributed by atoms with Crippen LogP contribution < -0.4 is 11.1 Å². The second-order valence-electron chi connectivity index (χ2n) is 2.86. The molecule has 14 heavy (non-hydrogen) atoms. The summed E-state index contributed by atoms with van der Waals surface area (Å²) in [7, 11) is 0. The fourth-order valence-corrected chi connectivity index (χ4v) is 2.05. The molecule has 2 aromatic rings. The van der Waals surface area contributed by atoms with Crippen molar-refractivity contribution in [1.29, 1.82) is 0 Å². The van der Waals surface area contributed by atoms with Crippen molar-refractivity contribution in [3.05, 3.63) is 18.2 Å². The molecule has 0 aliphatic heterocycles. The van der Waals surface area contributed by atoms with Gasteiger partial charge in [-0.05, 0) is 18.2 Å². The van der Waals surface area contributed by atoms with Crippen LogP contribution in [0.15, 0.2) is 18.2 Å². The Bertz CT molecular complexity index is 441. The molecule has 0 aliphatic rings. The van der Waals surface area contributed by atoms with Crippen molar-refractivity contribution in [2.24, 2.45) is 0 Å². The average molecular weight is 211 g/mol. The van der Waals surface area contributed by atoms with Crippen LogP contribution in [0.2, 0.25) is 0 Å². The van der Waals surface area contributed by atoms with E-state index in [0.29, 0.717) is 12.2 Å². The Morgan fingerprint density at radius 1 is 1.50 bits per heavy atom. The maximum atomic E-state index is 11.9. The van der Waals surface area contributed by atoms with Gasteiger partial charge in [-0.25, -0.2) is 9.37 Å². The maximum Gasteiger partial charge on any atom is 0.183 e. The zero-order valence-electron chi connectivity index (χ0n) is 7.46. The summed E-state index contributed by atoms with van der Waals surface area (Å²) < 4.78 is 12.9. The molecule has 1 aromatic carbocycles. The molecule has 0 fully saturated rings. The molecule has 0 unspecified atom stereocenters. The van der Waals surface area contributed by atoms with E-state index in [1.54, 1.807) is 0 Å². The minimum absolute atomic E-state index is 0.301. The topological polar surface area (TPSA) is 50.9 Å². The lowest BCUT2D eigenvalue weighted by Crippen LogP contribution is -2.01.